The number of anilines is 4. The fourth-order valence-corrected chi connectivity index (χ4v) is 2.57. The number of benzene rings is 2. The van der Waals surface area contributed by atoms with Crippen LogP contribution in [-0.2, 0) is 0 Å². The van der Waals surface area contributed by atoms with Crippen LogP contribution in [0.25, 0.3) is 0 Å². The minimum Gasteiger partial charge on any atom is -0.334 e. The maximum Gasteiger partial charge on any atom is 0.353 e. The van der Waals surface area contributed by atoms with Crippen LogP contribution < -0.4 is 10.6 Å². The van der Waals surface area contributed by atoms with Crippen LogP contribution in [0.4, 0.5) is 37.5 Å². The Labute approximate surface area is 157 Å². The summed E-state index contributed by atoms with van der Waals surface area (Å²) in [4.78, 5) is 18.7. The monoisotopic (exact) mass is 391 g/mol. The highest BCUT2D eigenvalue weighted by Crippen LogP contribution is 2.34. The van der Waals surface area contributed by atoms with Crippen molar-refractivity contribution >= 4 is 40.3 Å². The standard InChI is InChI=1S/C17H12ClF2N5O2/c1-9-6-10(18)2-5-14(9)24-17-15(25(26)27)16(21-8-22-17)23-11-3-4-12(19)13(20)7-11/h2-8H,1H3,(H2,21,22,23,24). The number of rotatable bonds is 5. The van der Waals surface area contributed by atoms with Gasteiger partial charge >= 0.3 is 5.69 Å². The number of hydrogen-bond donors (Lipinski definition) is 2. The molecule has 0 atom stereocenters. The lowest BCUT2D eigenvalue weighted by atomic mass is 10.2. The lowest BCUT2D eigenvalue weighted by molar-refractivity contribution is -0.383. The lowest BCUT2D eigenvalue weighted by Crippen LogP contribution is -2.06. The van der Waals surface area contributed by atoms with E-state index in [0.717, 1.165) is 24.0 Å². The first-order chi connectivity index (χ1) is 12.8. The molecule has 0 aliphatic rings. The average molecular weight is 392 g/mol. The summed E-state index contributed by atoms with van der Waals surface area (Å²) in [7, 11) is 0. The first-order valence-corrected chi connectivity index (χ1v) is 7.97. The summed E-state index contributed by atoms with van der Waals surface area (Å²) in [5.41, 5.74) is 0.978. The molecule has 1 heterocycles. The van der Waals surface area contributed by atoms with Crippen LogP contribution in [0.15, 0.2) is 42.7 Å². The summed E-state index contributed by atoms with van der Waals surface area (Å²) in [5, 5.41) is 17.6. The van der Waals surface area contributed by atoms with E-state index in [9.17, 15) is 18.9 Å². The van der Waals surface area contributed by atoms with Gasteiger partial charge < -0.3 is 10.6 Å². The third kappa shape index (κ3) is 4.09. The second-order valence-corrected chi connectivity index (χ2v) is 5.95. The summed E-state index contributed by atoms with van der Waals surface area (Å²) < 4.78 is 26.4. The van der Waals surface area contributed by atoms with E-state index in [-0.39, 0.29) is 17.3 Å². The van der Waals surface area contributed by atoms with Crippen LogP contribution in [-0.4, -0.2) is 14.9 Å². The van der Waals surface area contributed by atoms with Crippen LogP contribution in [0.1, 0.15) is 5.56 Å². The Hall–Kier alpha value is -3.33. The van der Waals surface area contributed by atoms with Crippen molar-refractivity contribution in [1.29, 1.82) is 0 Å². The fraction of sp³-hybridized carbons (Fsp3) is 0.0588. The molecule has 3 aromatic rings. The number of nitro groups is 1. The van der Waals surface area contributed by atoms with Crippen LogP contribution >= 0.6 is 11.6 Å². The highest BCUT2D eigenvalue weighted by molar-refractivity contribution is 6.30. The van der Waals surface area contributed by atoms with Crippen molar-refractivity contribution < 1.29 is 13.7 Å². The van der Waals surface area contributed by atoms with E-state index in [0.29, 0.717) is 10.7 Å². The zero-order valence-electron chi connectivity index (χ0n) is 13.8. The molecule has 27 heavy (non-hydrogen) atoms. The Morgan fingerprint density at radius 3 is 2.37 bits per heavy atom. The first-order valence-electron chi connectivity index (χ1n) is 7.60. The van der Waals surface area contributed by atoms with E-state index in [1.54, 1.807) is 25.1 Å². The highest BCUT2D eigenvalue weighted by atomic mass is 35.5. The van der Waals surface area contributed by atoms with Gasteiger partial charge in [-0.05, 0) is 42.8 Å². The SMILES string of the molecule is Cc1cc(Cl)ccc1Nc1ncnc(Nc2ccc(F)c(F)c2)c1[N+](=O)[O-]. The van der Waals surface area contributed by atoms with Crippen molar-refractivity contribution in [1.82, 2.24) is 9.97 Å². The Morgan fingerprint density at radius 1 is 1.04 bits per heavy atom. The molecule has 0 bridgehead atoms. The molecule has 0 spiro atoms. The number of nitrogens with zero attached hydrogens (tertiary/aromatic N) is 3. The largest absolute Gasteiger partial charge is 0.353 e. The quantitative estimate of drug-likeness (QED) is 0.463. The second-order valence-electron chi connectivity index (χ2n) is 5.51. The van der Waals surface area contributed by atoms with Crippen molar-refractivity contribution in [2.45, 2.75) is 6.92 Å². The predicted molar refractivity (Wildman–Crippen MR) is 97.8 cm³/mol. The van der Waals surface area contributed by atoms with Crippen LogP contribution in [0, 0.1) is 28.7 Å². The van der Waals surface area contributed by atoms with Crippen LogP contribution in [0.2, 0.25) is 5.02 Å². The number of halogens is 3. The molecule has 10 heteroatoms. The molecular weight excluding hydrogens is 380 g/mol. The molecule has 0 amide bonds. The van der Waals surface area contributed by atoms with Gasteiger partial charge in [-0.3, -0.25) is 10.1 Å². The third-order valence-electron chi connectivity index (χ3n) is 3.63. The number of hydrogen-bond acceptors (Lipinski definition) is 6. The summed E-state index contributed by atoms with van der Waals surface area (Å²) in [6, 6.07) is 7.99. The third-order valence-corrected chi connectivity index (χ3v) is 3.86. The van der Waals surface area contributed by atoms with Gasteiger partial charge in [0.2, 0.25) is 11.6 Å². The van der Waals surface area contributed by atoms with Gasteiger partial charge in [0.25, 0.3) is 0 Å². The van der Waals surface area contributed by atoms with Crippen molar-refractivity contribution in [3.8, 4) is 0 Å². The van der Waals surface area contributed by atoms with Crippen molar-refractivity contribution in [2.75, 3.05) is 10.6 Å². The maximum absolute atomic E-state index is 13.4. The molecule has 0 aliphatic carbocycles. The number of aryl methyl sites for hydroxylation is 1. The van der Waals surface area contributed by atoms with Gasteiger partial charge in [-0.25, -0.2) is 18.7 Å². The average Bonchev–Trinajstić information content (AvgIpc) is 2.60. The van der Waals surface area contributed by atoms with Crippen molar-refractivity contribution in [3.05, 3.63) is 75.1 Å². The molecule has 7 nitrogen and oxygen atoms in total. The van der Waals surface area contributed by atoms with Crippen molar-refractivity contribution in [2.24, 2.45) is 0 Å². The van der Waals surface area contributed by atoms with E-state index in [1.165, 1.54) is 6.07 Å². The molecule has 1 aromatic heterocycles. The molecule has 0 saturated heterocycles. The van der Waals surface area contributed by atoms with Gasteiger partial charge in [0.15, 0.2) is 11.6 Å². The molecule has 0 aliphatic heterocycles. The van der Waals surface area contributed by atoms with Gasteiger partial charge in [0, 0.05) is 22.5 Å². The summed E-state index contributed by atoms with van der Waals surface area (Å²) in [5.74, 6) is -2.36. The minimum absolute atomic E-state index is 0.0643. The van der Waals surface area contributed by atoms with Gasteiger partial charge in [-0.1, -0.05) is 11.6 Å². The molecule has 138 valence electrons. The van der Waals surface area contributed by atoms with E-state index in [2.05, 4.69) is 20.6 Å². The minimum atomic E-state index is -1.09. The van der Waals surface area contributed by atoms with Gasteiger partial charge in [0.1, 0.15) is 6.33 Å². The maximum atomic E-state index is 13.4. The van der Waals surface area contributed by atoms with E-state index >= 15 is 0 Å². The Balaban J connectivity index is 1.99. The molecule has 2 N–H and O–H groups in total. The topological polar surface area (TPSA) is 93.0 Å². The smallest absolute Gasteiger partial charge is 0.334 e. The summed E-state index contributed by atoms with van der Waals surface area (Å²) in [6.45, 7) is 1.78. The van der Waals surface area contributed by atoms with Crippen LogP contribution in [0.5, 0.6) is 0 Å². The molecule has 2 aromatic carbocycles. The zero-order chi connectivity index (χ0) is 19.6. The normalized spacial score (nSPS) is 10.5. The number of nitrogens with one attached hydrogen (secondary N) is 2. The Morgan fingerprint density at radius 2 is 1.74 bits per heavy atom. The first kappa shape index (κ1) is 18.5. The summed E-state index contributed by atoms with van der Waals surface area (Å²) in [6.07, 6.45) is 1.11. The van der Waals surface area contributed by atoms with E-state index < -0.39 is 22.2 Å². The Bertz CT molecular complexity index is 1030. The second kappa shape index (κ2) is 7.50. The number of aromatic nitrogens is 2. The fourth-order valence-electron chi connectivity index (χ4n) is 2.34. The zero-order valence-corrected chi connectivity index (χ0v) is 14.6. The predicted octanol–water partition coefficient (Wildman–Crippen LogP) is 5.11. The van der Waals surface area contributed by atoms with Gasteiger partial charge in [0.05, 0.1) is 4.92 Å². The van der Waals surface area contributed by atoms with Crippen LogP contribution in [0.3, 0.4) is 0 Å². The highest BCUT2D eigenvalue weighted by Gasteiger charge is 2.24. The molecule has 0 unspecified atom stereocenters. The molecule has 0 radical (unpaired) electrons. The molecular formula is C17H12ClF2N5O2. The molecule has 3 rings (SSSR count). The Kier molecular flexibility index (Phi) is 5.13. The molecule has 0 saturated carbocycles. The van der Waals surface area contributed by atoms with Crippen molar-refractivity contribution in [3.63, 3.8) is 0 Å². The summed E-state index contributed by atoms with van der Waals surface area (Å²) >= 11 is 5.91. The lowest BCUT2D eigenvalue weighted by Gasteiger charge is -2.12. The van der Waals surface area contributed by atoms with E-state index in [4.69, 9.17) is 11.6 Å². The molecule has 0 fully saturated rings. The van der Waals surface area contributed by atoms with E-state index in [1.807, 2.05) is 0 Å². The van der Waals surface area contributed by atoms with Gasteiger partial charge in [-0.15, -0.1) is 0 Å². The van der Waals surface area contributed by atoms with Gasteiger partial charge in [-0.2, -0.15) is 0 Å².